The van der Waals surface area contributed by atoms with Crippen LogP contribution in [-0.4, -0.2) is 35.9 Å². The summed E-state index contributed by atoms with van der Waals surface area (Å²) >= 11 is 0. The molecule has 104 valence electrons. The van der Waals surface area contributed by atoms with Crippen LogP contribution in [0.5, 0.6) is 0 Å². The second kappa shape index (κ2) is 6.53. The summed E-state index contributed by atoms with van der Waals surface area (Å²) in [6.45, 7) is 2.54. The van der Waals surface area contributed by atoms with E-state index in [2.05, 4.69) is 12.2 Å². The van der Waals surface area contributed by atoms with Gasteiger partial charge in [-0.3, -0.25) is 10.1 Å². The van der Waals surface area contributed by atoms with Crippen LogP contribution in [0.25, 0.3) is 0 Å². The highest BCUT2D eigenvalue weighted by molar-refractivity contribution is 5.73. The molecule has 0 radical (unpaired) electrons. The van der Waals surface area contributed by atoms with E-state index in [9.17, 15) is 4.79 Å². The molecule has 0 aliphatic heterocycles. The standard InChI is InChI=1S/C14H25NO3/c1-2-10-4-3-5-12(8-10)18-9-13(14(16)17)15-11-6-7-11/h10-13,15H,2-9H2,1H3,(H,16,17). The minimum atomic E-state index is -0.787. The minimum absolute atomic E-state index is 0.270. The molecule has 0 aromatic rings. The zero-order chi connectivity index (χ0) is 13.0. The van der Waals surface area contributed by atoms with Gasteiger partial charge in [0.1, 0.15) is 6.04 Å². The second-order valence-corrected chi connectivity index (χ2v) is 5.73. The van der Waals surface area contributed by atoms with Crippen LogP contribution in [0.1, 0.15) is 51.9 Å². The first-order valence-corrected chi connectivity index (χ1v) is 7.29. The summed E-state index contributed by atoms with van der Waals surface area (Å²) in [7, 11) is 0. The number of aliphatic carboxylic acids is 1. The SMILES string of the molecule is CCC1CCCC(OCC(NC2CC2)C(=O)O)C1. The predicted molar refractivity (Wildman–Crippen MR) is 69.6 cm³/mol. The molecule has 2 aliphatic rings. The molecule has 4 nitrogen and oxygen atoms in total. The summed E-state index contributed by atoms with van der Waals surface area (Å²) in [4.78, 5) is 11.1. The highest BCUT2D eigenvalue weighted by Crippen LogP contribution is 2.28. The molecule has 0 amide bonds. The van der Waals surface area contributed by atoms with Crippen LogP contribution >= 0.6 is 0 Å². The van der Waals surface area contributed by atoms with Gasteiger partial charge in [-0.05, 0) is 31.6 Å². The Bertz CT molecular complexity index is 278. The lowest BCUT2D eigenvalue weighted by Gasteiger charge is -2.29. The van der Waals surface area contributed by atoms with E-state index in [1.54, 1.807) is 0 Å². The van der Waals surface area contributed by atoms with E-state index in [0.29, 0.717) is 12.6 Å². The number of hydrogen-bond acceptors (Lipinski definition) is 3. The summed E-state index contributed by atoms with van der Waals surface area (Å²) < 4.78 is 5.82. The number of rotatable bonds is 7. The van der Waals surface area contributed by atoms with E-state index in [-0.39, 0.29) is 6.10 Å². The van der Waals surface area contributed by atoms with Gasteiger partial charge in [0.05, 0.1) is 12.7 Å². The molecule has 2 rings (SSSR count). The lowest BCUT2D eigenvalue weighted by molar-refractivity contribution is -0.142. The van der Waals surface area contributed by atoms with Gasteiger partial charge < -0.3 is 9.84 Å². The largest absolute Gasteiger partial charge is 0.480 e. The third kappa shape index (κ3) is 4.25. The molecule has 0 aromatic heterocycles. The van der Waals surface area contributed by atoms with Crippen LogP contribution in [0.15, 0.2) is 0 Å². The monoisotopic (exact) mass is 255 g/mol. The first-order chi connectivity index (χ1) is 8.69. The van der Waals surface area contributed by atoms with Crippen LogP contribution in [0.2, 0.25) is 0 Å². The van der Waals surface area contributed by atoms with Crippen molar-refractivity contribution in [2.45, 2.75) is 70.1 Å². The first kappa shape index (κ1) is 13.8. The Morgan fingerprint density at radius 3 is 2.78 bits per heavy atom. The minimum Gasteiger partial charge on any atom is -0.480 e. The quantitative estimate of drug-likeness (QED) is 0.732. The van der Waals surface area contributed by atoms with Crippen molar-refractivity contribution in [2.75, 3.05) is 6.61 Å². The third-order valence-electron chi connectivity index (χ3n) is 4.12. The van der Waals surface area contributed by atoms with Crippen LogP contribution in [-0.2, 0) is 9.53 Å². The molecule has 2 N–H and O–H groups in total. The number of carboxylic acids is 1. The highest BCUT2D eigenvalue weighted by Gasteiger charge is 2.29. The lowest BCUT2D eigenvalue weighted by Crippen LogP contribution is -2.43. The van der Waals surface area contributed by atoms with Gasteiger partial charge in [-0.1, -0.05) is 26.2 Å². The molecule has 2 aliphatic carbocycles. The molecular formula is C14H25NO3. The Balaban J connectivity index is 1.72. The molecule has 0 heterocycles. The van der Waals surface area contributed by atoms with E-state index in [1.807, 2.05) is 0 Å². The number of carboxylic acid groups (broad SMARTS) is 1. The molecule has 2 fully saturated rings. The topological polar surface area (TPSA) is 58.6 Å². The van der Waals surface area contributed by atoms with Gasteiger partial charge in [0.25, 0.3) is 0 Å². The number of nitrogens with one attached hydrogen (secondary N) is 1. The second-order valence-electron chi connectivity index (χ2n) is 5.73. The van der Waals surface area contributed by atoms with Crippen molar-refractivity contribution >= 4 is 5.97 Å². The molecule has 2 saturated carbocycles. The fourth-order valence-electron chi connectivity index (χ4n) is 2.72. The smallest absolute Gasteiger partial charge is 0.323 e. The first-order valence-electron chi connectivity index (χ1n) is 7.29. The molecule has 0 saturated heterocycles. The molecule has 18 heavy (non-hydrogen) atoms. The van der Waals surface area contributed by atoms with E-state index < -0.39 is 12.0 Å². The van der Waals surface area contributed by atoms with Gasteiger partial charge >= 0.3 is 5.97 Å². The zero-order valence-electron chi connectivity index (χ0n) is 11.2. The molecular weight excluding hydrogens is 230 g/mol. The number of hydrogen-bond donors (Lipinski definition) is 2. The van der Waals surface area contributed by atoms with E-state index in [0.717, 1.165) is 31.6 Å². The normalized spacial score (nSPS) is 30.1. The van der Waals surface area contributed by atoms with Crippen LogP contribution in [0, 0.1) is 5.92 Å². The maximum atomic E-state index is 11.1. The zero-order valence-corrected chi connectivity index (χ0v) is 11.2. The maximum Gasteiger partial charge on any atom is 0.323 e. The maximum absolute atomic E-state index is 11.1. The molecule has 0 spiro atoms. The van der Waals surface area contributed by atoms with Crippen molar-refractivity contribution in [3.63, 3.8) is 0 Å². The van der Waals surface area contributed by atoms with E-state index in [1.165, 1.54) is 19.3 Å². The summed E-state index contributed by atoms with van der Waals surface area (Å²) in [5.74, 6) is -0.0202. The van der Waals surface area contributed by atoms with E-state index in [4.69, 9.17) is 9.84 Å². The lowest BCUT2D eigenvalue weighted by atomic mass is 9.85. The Hall–Kier alpha value is -0.610. The van der Waals surface area contributed by atoms with E-state index >= 15 is 0 Å². The van der Waals surface area contributed by atoms with Crippen molar-refractivity contribution in [1.82, 2.24) is 5.32 Å². The van der Waals surface area contributed by atoms with Gasteiger partial charge in [-0.2, -0.15) is 0 Å². The summed E-state index contributed by atoms with van der Waals surface area (Å²) in [6, 6.07) is -0.121. The number of carbonyl (C=O) groups is 1. The van der Waals surface area contributed by atoms with Gasteiger partial charge in [0, 0.05) is 6.04 Å². The fraction of sp³-hybridized carbons (Fsp3) is 0.929. The van der Waals surface area contributed by atoms with Gasteiger partial charge in [0.15, 0.2) is 0 Å². The molecule has 3 unspecified atom stereocenters. The van der Waals surface area contributed by atoms with Crippen molar-refractivity contribution in [1.29, 1.82) is 0 Å². The molecule has 0 bridgehead atoms. The van der Waals surface area contributed by atoms with Gasteiger partial charge in [-0.15, -0.1) is 0 Å². The Kier molecular flexibility index (Phi) is 5.01. The molecule has 0 aromatic carbocycles. The Labute approximate surface area is 109 Å². The van der Waals surface area contributed by atoms with Gasteiger partial charge in [0.2, 0.25) is 0 Å². The summed E-state index contributed by atoms with van der Waals surface area (Å²) in [6.07, 6.45) is 8.40. The van der Waals surface area contributed by atoms with Crippen molar-refractivity contribution in [2.24, 2.45) is 5.92 Å². The summed E-state index contributed by atoms with van der Waals surface area (Å²) in [5.41, 5.74) is 0. The van der Waals surface area contributed by atoms with Gasteiger partial charge in [-0.25, -0.2) is 0 Å². The Morgan fingerprint density at radius 2 is 2.17 bits per heavy atom. The summed E-state index contributed by atoms with van der Waals surface area (Å²) in [5, 5.41) is 12.3. The Morgan fingerprint density at radius 1 is 1.39 bits per heavy atom. The van der Waals surface area contributed by atoms with Crippen LogP contribution < -0.4 is 5.32 Å². The third-order valence-corrected chi connectivity index (χ3v) is 4.12. The molecule has 4 heteroatoms. The van der Waals surface area contributed by atoms with Crippen molar-refractivity contribution in [3.8, 4) is 0 Å². The van der Waals surface area contributed by atoms with Crippen LogP contribution in [0.4, 0.5) is 0 Å². The van der Waals surface area contributed by atoms with Crippen molar-refractivity contribution < 1.29 is 14.6 Å². The predicted octanol–water partition coefficient (Wildman–Crippen LogP) is 2.18. The fourth-order valence-corrected chi connectivity index (χ4v) is 2.72. The average Bonchev–Trinajstić information content (AvgIpc) is 3.18. The average molecular weight is 255 g/mol. The number of ether oxygens (including phenoxy) is 1. The highest BCUT2D eigenvalue weighted by atomic mass is 16.5. The van der Waals surface area contributed by atoms with Crippen LogP contribution in [0.3, 0.4) is 0 Å². The van der Waals surface area contributed by atoms with Crippen molar-refractivity contribution in [3.05, 3.63) is 0 Å². The molecule has 3 atom stereocenters.